The van der Waals surface area contributed by atoms with E-state index < -0.39 is 0 Å². The molecule has 0 saturated heterocycles. The molecule has 2 aromatic carbocycles. The summed E-state index contributed by atoms with van der Waals surface area (Å²) >= 11 is 6.08. The predicted molar refractivity (Wildman–Crippen MR) is 92.1 cm³/mol. The van der Waals surface area contributed by atoms with E-state index in [0.717, 1.165) is 24.4 Å². The van der Waals surface area contributed by atoms with Crippen molar-refractivity contribution >= 4 is 17.5 Å². The van der Waals surface area contributed by atoms with E-state index in [-0.39, 0.29) is 5.91 Å². The van der Waals surface area contributed by atoms with Gasteiger partial charge in [0.15, 0.2) is 0 Å². The topological polar surface area (TPSA) is 42.8 Å². The number of ether oxygens (including phenoxy) is 1. The molecular weight excluding hydrogens is 312 g/mol. The number of carbonyl (C=O) groups excluding carboxylic acids is 1. The Bertz CT molecular complexity index is 671. The van der Waals surface area contributed by atoms with Crippen LogP contribution in [0.4, 0.5) is 0 Å². The smallest absolute Gasteiger partial charge is 0.251 e. The van der Waals surface area contributed by atoms with Gasteiger partial charge in [-0.1, -0.05) is 23.7 Å². The standard InChI is InChI=1S/C18H21ClN2O2/c1-20-18(22)14-6-4-13(5-7-14)11-21(2)12-15-10-16(19)8-9-17(15)23-3/h4-10H,11-12H2,1-3H3,(H,20,22)/p+1. The molecule has 2 rings (SSSR count). The third kappa shape index (κ3) is 4.71. The Morgan fingerprint density at radius 3 is 2.48 bits per heavy atom. The summed E-state index contributed by atoms with van der Waals surface area (Å²) in [5.41, 5.74) is 2.93. The third-order valence-corrected chi connectivity index (χ3v) is 3.92. The lowest BCUT2D eigenvalue weighted by molar-refractivity contribution is -0.907. The second kappa shape index (κ2) is 7.99. The van der Waals surface area contributed by atoms with Crippen LogP contribution in [0.1, 0.15) is 21.5 Å². The molecule has 0 spiro atoms. The first-order valence-electron chi connectivity index (χ1n) is 7.48. The zero-order chi connectivity index (χ0) is 16.8. The second-order valence-electron chi connectivity index (χ2n) is 5.54. The Morgan fingerprint density at radius 1 is 1.17 bits per heavy atom. The quantitative estimate of drug-likeness (QED) is 0.848. The second-order valence-corrected chi connectivity index (χ2v) is 5.98. The number of quaternary nitrogens is 1. The maximum atomic E-state index is 11.5. The number of hydrogen-bond donors (Lipinski definition) is 2. The van der Waals surface area contributed by atoms with Crippen molar-refractivity contribution in [3.05, 3.63) is 64.2 Å². The van der Waals surface area contributed by atoms with Crippen LogP contribution >= 0.6 is 11.6 Å². The molecule has 0 fully saturated rings. The lowest BCUT2D eigenvalue weighted by atomic mass is 10.1. The first-order chi connectivity index (χ1) is 11.0. The van der Waals surface area contributed by atoms with Crippen LogP contribution in [0.2, 0.25) is 5.02 Å². The van der Waals surface area contributed by atoms with Crippen molar-refractivity contribution in [1.29, 1.82) is 0 Å². The van der Waals surface area contributed by atoms with Gasteiger partial charge in [0.05, 0.1) is 14.2 Å². The molecule has 122 valence electrons. The Balaban J connectivity index is 2.03. The number of methoxy groups -OCH3 is 1. The van der Waals surface area contributed by atoms with Gasteiger partial charge >= 0.3 is 0 Å². The fourth-order valence-corrected chi connectivity index (χ4v) is 2.73. The van der Waals surface area contributed by atoms with Crippen LogP contribution in [0.15, 0.2) is 42.5 Å². The molecule has 0 aliphatic carbocycles. The van der Waals surface area contributed by atoms with Crippen LogP contribution in [-0.4, -0.2) is 27.1 Å². The minimum absolute atomic E-state index is 0.0686. The number of halogens is 1. The highest BCUT2D eigenvalue weighted by Gasteiger charge is 2.11. The van der Waals surface area contributed by atoms with E-state index in [0.29, 0.717) is 10.6 Å². The fraction of sp³-hybridized carbons (Fsp3) is 0.278. The number of benzene rings is 2. The summed E-state index contributed by atoms with van der Waals surface area (Å²) in [6.45, 7) is 1.66. The molecule has 1 atom stereocenters. The maximum absolute atomic E-state index is 11.5. The van der Waals surface area contributed by atoms with Crippen molar-refractivity contribution in [1.82, 2.24) is 5.32 Å². The van der Waals surface area contributed by atoms with Gasteiger partial charge in [-0.25, -0.2) is 0 Å². The number of amides is 1. The Morgan fingerprint density at radius 2 is 1.87 bits per heavy atom. The number of nitrogens with one attached hydrogen (secondary N) is 2. The predicted octanol–water partition coefficient (Wildman–Crippen LogP) is 1.92. The van der Waals surface area contributed by atoms with Gasteiger partial charge in [0.2, 0.25) is 0 Å². The van der Waals surface area contributed by atoms with Gasteiger partial charge in [0.1, 0.15) is 18.8 Å². The zero-order valence-electron chi connectivity index (χ0n) is 13.7. The van der Waals surface area contributed by atoms with E-state index in [1.807, 2.05) is 42.5 Å². The molecule has 1 unspecified atom stereocenters. The summed E-state index contributed by atoms with van der Waals surface area (Å²) < 4.78 is 5.39. The Hall–Kier alpha value is -2.04. The van der Waals surface area contributed by atoms with Gasteiger partial charge in [0.25, 0.3) is 5.91 Å². The molecule has 0 saturated carbocycles. The monoisotopic (exact) mass is 333 g/mol. The molecule has 0 heterocycles. The Labute approximate surface area is 142 Å². The molecule has 1 amide bonds. The van der Waals surface area contributed by atoms with Crippen LogP contribution in [0.25, 0.3) is 0 Å². The minimum atomic E-state index is -0.0686. The highest BCUT2D eigenvalue weighted by Crippen LogP contribution is 2.21. The van der Waals surface area contributed by atoms with Crippen molar-refractivity contribution in [2.75, 3.05) is 21.2 Å². The average molecular weight is 334 g/mol. The molecule has 0 aromatic heterocycles. The van der Waals surface area contributed by atoms with Crippen LogP contribution < -0.4 is 15.0 Å². The lowest BCUT2D eigenvalue weighted by Gasteiger charge is -2.16. The largest absolute Gasteiger partial charge is 0.496 e. The summed E-state index contributed by atoms with van der Waals surface area (Å²) in [7, 11) is 5.42. The number of rotatable bonds is 6. The third-order valence-electron chi connectivity index (χ3n) is 3.68. The van der Waals surface area contributed by atoms with Gasteiger partial charge in [-0.05, 0) is 30.3 Å². The SMILES string of the molecule is CNC(=O)c1ccc(C[NH+](C)Cc2cc(Cl)ccc2OC)cc1. The summed E-state index contributed by atoms with van der Waals surface area (Å²) in [6, 6.07) is 13.3. The number of hydrogen-bond acceptors (Lipinski definition) is 2. The highest BCUT2D eigenvalue weighted by atomic mass is 35.5. The van der Waals surface area contributed by atoms with Gasteiger partial charge < -0.3 is 15.0 Å². The van der Waals surface area contributed by atoms with Crippen LogP contribution in [0.5, 0.6) is 5.75 Å². The summed E-state index contributed by atoms with van der Waals surface area (Å²) in [4.78, 5) is 12.9. The number of carbonyl (C=O) groups is 1. The summed E-state index contributed by atoms with van der Waals surface area (Å²) in [5.74, 6) is 0.782. The van der Waals surface area contributed by atoms with Gasteiger partial charge in [-0.3, -0.25) is 4.79 Å². The minimum Gasteiger partial charge on any atom is -0.496 e. The molecule has 5 heteroatoms. The van der Waals surface area contributed by atoms with E-state index >= 15 is 0 Å². The molecule has 0 radical (unpaired) electrons. The van der Waals surface area contributed by atoms with Crippen molar-refractivity contribution in [2.45, 2.75) is 13.1 Å². The maximum Gasteiger partial charge on any atom is 0.251 e. The van der Waals surface area contributed by atoms with Crippen LogP contribution in [0.3, 0.4) is 0 Å². The van der Waals surface area contributed by atoms with E-state index in [2.05, 4.69) is 12.4 Å². The lowest BCUT2D eigenvalue weighted by Crippen LogP contribution is -3.06. The van der Waals surface area contributed by atoms with Gasteiger partial charge in [0, 0.05) is 28.8 Å². The molecule has 0 aliphatic heterocycles. The molecule has 0 aliphatic rings. The van der Waals surface area contributed by atoms with E-state index in [1.165, 1.54) is 10.5 Å². The fourth-order valence-electron chi connectivity index (χ4n) is 2.54. The summed E-state index contributed by atoms with van der Waals surface area (Å²) in [5, 5.41) is 3.33. The van der Waals surface area contributed by atoms with Crippen molar-refractivity contribution in [2.24, 2.45) is 0 Å². The van der Waals surface area contributed by atoms with Gasteiger partial charge in [-0.2, -0.15) is 0 Å². The molecule has 2 aromatic rings. The molecule has 4 nitrogen and oxygen atoms in total. The zero-order valence-corrected chi connectivity index (χ0v) is 14.4. The van der Waals surface area contributed by atoms with Crippen LogP contribution in [-0.2, 0) is 13.1 Å². The normalized spacial score (nSPS) is 11.8. The summed E-state index contributed by atoms with van der Waals surface area (Å²) in [6.07, 6.45) is 0. The first kappa shape index (κ1) is 17.3. The highest BCUT2D eigenvalue weighted by molar-refractivity contribution is 6.30. The molecule has 0 bridgehead atoms. The molecule has 2 N–H and O–H groups in total. The van der Waals surface area contributed by atoms with E-state index in [4.69, 9.17) is 16.3 Å². The van der Waals surface area contributed by atoms with E-state index in [1.54, 1.807) is 14.2 Å². The van der Waals surface area contributed by atoms with Gasteiger partial charge in [-0.15, -0.1) is 0 Å². The van der Waals surface area contributed by atoms with Crippen molar-refractivity contribution in [3.63, 3.8) is 0 Å². The van der Waals surface area contributed by atoms with E-state index in [9.17, 15) is 4.79 Å². The van der Waals surface area contributed by atoms with Crippen molar-refractivity contribution < 1.29 is 14.4 Å². The Kier molecular flexibility index (Phi) is 6.02. The average Bonchev–Trinajstić information content (AvgIpc) is 2.55. The first-order valence-corrected chi connectivity index (χ1v) is 7.86. The molecular formula is C18H22ClN2O2+. The van der Waals surface area contributed by atoms with Crippen LogP contribution in [0, 0.1) is 0 Å². The van der Waals surface area contributed by atoms with Crippen molar-refractivity contribution in [3.8, 4) is 5.75 Å². The molecule has 23 heavy (non-hydrogen) atoms.